The van der Waals surface area contributed by atoms with Gasteiger partial charge in [-0.3, -0.25) is 6.08 Å². The number of allylic oxidation sites excluding steroid dienone is 4. The van der Waals surface area contributed by atoms with Crippen LogP contribution in [-0.4, -0.2) is 0 Å². The summed E-state index contributed by atoms with van der Waals surface area (Å²) in [7, 11) is 0. The minimum absolute atomic E-state index is 0. The summed E-state index contributed by atoms with van der Waals surface area (Å²) in [5, 5.41) is 0. The third-order valence-corrected chi connectivity index (χ3v) is 1.36. The Morgan fingerprint density at radius 1 is 1.30 bits per heavy atom. The Hall–Kier alpha value is 0.774. The molecule has 0 aromatic rings. The topological polar surface area (TPSA) is 0 Å². The number of rotatable bonds is 0. The molecule has 0 N–H and O–H groups in total. The summed E-state index contributed by atoms with van der Waals surface area (Å²) in [4.78, 5) is 0. The van der Waals surface area contributed by atoms with E-state index in [4.69, 9.17) is 0 Å². The number of hydrogen-bond donors (Lipinski definition) is 0. The van der Waals surface area contributed by atoms with Crippen molar-refractivity contribution in [1.82, 2.24) is 0 Å². The zero-order valence-corrected chi connectivity index (χ0v) is 9.11. The summed E-state index contributed by atoms with van der Waals surface area (Å²) in [5.41, 5.74) is 2.85. The predicted molar refractivity (Wildman–Crippen MR) is 30.8 cm³/mol. The normalized spacial score (nSPS) is 13.4. The minimum Gasteiger partial charge on any atom is -1.00 e. The van der Waals surface area contributed by atoms with E-state index in [1.807, 2.05) is 0 Å². The van der Waals surface area contributed by atoms with Crippen LogP contribution in [0.25, 0.3) is 0 Å². The van der Waals surface area contributed by atoms with E-state index in [-0.39, 0.29) is 46.5 Å². The van der Waals surface area contributed by atoms with Gasteiger partial charge in [-0.25, -0.2) is 11.6 Å². The van der Waals surface area contributed by atoms with E-state index in [9.17, 15) is 0 Å². The molecule has 0 heterocycles. The van der Waals surface area contributed by atoms with E-state index in [1.54, 1.807) is 0 Å². The van der Waals surface area contributed by atoms with E-state index < -0.39 is 0 Å². The van der Waals surface area contributed by atoms with Crippen LogP contribution in [-0.2, 0) is 21.7 Å². The Morgan fingerprint density at radius 3 is 1.90 bits per heavy atom. The van der Waals surface area contributed by atoms with Crippen molar-refractivity contribution in [3.05, 3.63) is 23.3 Å². The second kappa shape index (κ2) is 7.88. The molecule has 0 aliphatic heterocycles. The van der Waals surface area contributed by atoms with E-state index in [2.05, 4.69) is 26.0 Å². The van der Waals surface area contributed by atoms with E-state index in [0.29, 0.717) is 0 Å². The zero-order chi connectivity index (χ0) is 5.28. The third-order valence-electron chi connectivity index (χ3n) is 1.36. The summed E-state index contributed by atoms with van der Waals surface area (Å²) >= 11 is 0. The third kappa shape index (κ3) is 4.57. The Morgan fingerprint density at radius 2 is 1.80 bits per heavy atom. The molecule has 0 bridgehead atoms. The van der Waals surface area contributed by atoms with Gasteiger partial charge in [-0.05, 0) is 0 Å². The molecule has 1 radical (unpaired) electrons. The van der Waals surface area contributed by atoms with Crippen LogP contribution in [0.4, 0.5) is 0 Å². The largest absolute Gasteiger partial charge is 3.00 e. The zero-order valence-electron chi connectivity index (χ0n) is 6.04. The van der Waals surface area contributed by atoms with Crippen molar-refractivity contribution in [2.45, 2.75) is 20.3 Å². The van der Waals surface area contributed by atoms with Crippen LogP contribution in [0.5, 0.6) is 0 Å². The summed E-state index contributed by atoms with van der Waals surface area (Å²) in [6, 6.07) is 0. The van der Waals surface area contributed by atoms with E-state index in [0.717, 1.165) is 6.42 Å². The molecule has 0 unspecified atom stereocenters. The van der Waals surface area contributed by atoms with Gasteiger partial charge in [0.2, 0.25) is 0 Å². The predicted octanol–water partition coefficient (Wildman–Crippen LogP) is -3.91. The molecule has 1 rings (SSSR count). The average molecular weight is 212 g/mol. The molecule has 0 fully saturated rings. The van der Waals surface area contributed by atoms with Gasteiger partial charge in [0.05, 0.1) is 0 Å². The average Bonchev–Trinajstić information content (AvgIpc) is 1.91. The van der Waals surface area contributed by atoms with Gasteiger partial charge in [0.1, 0.15) is 0 Å². The van der Waals surface area contributed by atoms with Crippen LogP contribution in [0.15, 0.2) is 17.2 Å². The molecule has 0 aromatic carbocycles. The first-order chi connectivity index (χ1) is 3.30. The Kier molecular flexibility index (Phi) is 13.4. The Balaban J connectivity index is -0.000000163. The first kappa shape index (κ1) is 17.0. The first-order valence-electron chi connectivity index (χ1n) is 2.53. The molecule has 1 aliphatic carbocycles. The second-order valence-corrected chi connectivity index (χ2v) is 1.99. The molecule has 0 saturated carbocycles. The maximum absolute atomic E-state index is 3.12. The van der Waals surface area contributed by atoms with Crippen LogP contribution in [0.1, 0.15) is 20.3 Å². The Bertz CT molecular complexity index is 139. The maximum atomic E-state index is 3.12. The second-order valence-electron chi connectivity index (χ2n) is 1.99. The van der Waals surface area contributed by atoms with Crippen LogP contribution in [0.3, 0.4) is 0 Å². The number of halogens is 2. The summed E-state index contributed by atoms with van der Waals surface area (Å²) < 4.78 is 0. The van der Waals surface area contributed by atoms with Gasteiger partial charge in [-0.15, -0.1) is 13.3 Å². The van der Waals surface area contributed by atoms with Crippen molar-refractivity contribution >= 4 is 0 Å². The fourth-order valence-electron chi connectivity index (χ4n) is 0.620. The fraction of sp³-hybridized carbons (Fsp3) is 0.429. The van der Waals surface area contributed by atoms with Crippen molar-refractivity contribution in [1.29, 1.82) is 0 Å². The smallest absolute Gasteiger partial charge is 1.00 e. The van der Waals surface area contributed by atoms with Gasteiger partial charge in [0, 0.05) is 0 Å². The van der Waals surface area contributed by atoms with Gasteiger partial charge >= 0.3 is 21.7 Å². The maximum Gasteiger partial charge on any atom is 3.00 e. The van der Waals surface area contributed by atoms with Gasteiger partial charge in [-0.1, -0.05) is 6.92 Å². The molecule has 0 saturated heterocycles. The molecule has 55 valence electrons. The quantitative estimate of drug-likeness (QED) is 0.284. The van der Waals surface area contributed by atoms with Crippen molar-refractivity contribution in [3.8, 4) is 0 Å². The SMILES string of the molecule is CC1=C(C)C[C-]=C1.[Cl-].[Cl-].[Ti+3]. The molecule has 3 heteroatoms. The van der Waals surface area contributed by atoms with Crippen molar-refractivity contribution in [2.75, 3.05) is 0 Å². The molecule has 0 spiro atoms. The molecule has 0 nitrogen and oxygen atoms in total. The number of hydrogen-bond acceptors (Lipinski definition) is 0. The van der Waals surface area contributed by atoms with Gasteiger partial charge < -0.3 is 24.8 Å². The van der Waals surface area contributed by atoms with Crippen molar-refractivity contribution in [3.63, 3.8) is 0 Å². The van der Waals surface area contributed by atoms with E-state index >= 15 is 0 Å². The van der Waals surface area contributed by atoms with Crippen molar-refractivity contribution in [2.24, 2.45) is 0 Å². The van der Waals surface area contributed by atoms with Crippen LogP contribution < -0.4 is 24.8 Å². The molecule has 0 atom stereocenters. The monoisotopic (exact) mass is 211 g/mol. The van der Waals surface area contributed by atoms with Crippen LogP contribution >= 0.6 is 0 Å². The summed E-state index contributed by atoms with van der Waals surface area (Å²) in [6.45, 7) is 4.27. The first-order valence-corrected chi connectivity index (χ1v) is 2.53. The fourth-order valence-corrected chi connectivity index (χ4v) is 0.620. The molecule has 0 aromatic heterocycles. The summed E-state index contributed by atoms with van der Waals surface area (Å²) in [6.07, 6.45) is 6.22. The van der Waals surface area contributed by atoms with Crippen LogP contribution in [0.2, 0.25) is 0 Å². The molecule has 10 heavy (non-hydrogen) atoms. The standard InChI is InChI=1S/C7H9.2ClH.Ti/c1-6-4-3-5-7(6)2;;;/h4H,5H2,1-2H3;2*1H;/q-1;;;+3/p-2. The van der Waals surface area contributed by atoms with E-state index in [1.165, 1.54) is 11.1 Å². The van der Waals surface area contributed by atoms with Gasteiger partial charge in [0.25, 0.3) is 0 Å². The minimum atomic E-state index is 0. The van der Waals surface area contributed by atoms with Gasteiger partial charge in [-0.2, -0.15) is 5.57 Å². The molecule has 0 amide bonds. The van der Waals surface area contributed by atoms with Gasteiger partial charge in [0.15, 0.2) is 0 Å². The Labute approximate surface area is 89.9 Å². The molecular formula is C7H9Cl2Ti. The molecular weight excluding hydrogens is 203 g/mol. The molecule has 1 aliphatic rings. The van der Waals surface area contributed by atoms with Crippen molar-refractivity contribution < 1.29 is 46.5 Å². The van der Waals surface area contributed by atoms with Crippen LogP contribution in [0, 0.1) is 6.08 Å². The summed E-state index contributed by atoms with van der Waals surface area (Å²) in [5.74, 6) is 0.